The van der Waals surface area contributed by atoms with Gasteiger partial charge in [0.05, 0.1) is 34.8 Å². The molecule has 4 aliphatic heterocycles. The van der Waals surface area contributed by atoms with Crippen LogP contribution in [0.1, 0.15) is 89.6 Å². The van der Waals surface area contributed by atoms with E-state index in [9.17, 15) is 24.0 Å². The summed E-state index contributed by atoms with van der Waals surface area (Å²) in [4.78, 5) is 87.4. The number of pyridine rings is 1. The lowest BCUT2D eigenvalue weighted by molar-refractivity contribution is -0.155. The second-order valence-electron chi connectivity index (χ2n) is 21.7. The van der Waals surface area contributed by atoms with E-state index in [-0.39, 0.29) is 96.4 Å². The first-order chi connectivity index (χ1) is 34.3. The number of amides is 5. The molecule has 76 heavy (non-hydrogen) atoms. The van der Waals surface area contributed by atoms with Crippen molar-refractivity contribution in [3.63, 3.8) is 0 Å². The molecular formula is C54H82N10O7S5. The van der Waals surface area contributed by atoms with Crippen molar-refractivity contribution in [2.45, 2.75) is 111 Å². The van der Waals surface area contributed by atoms with Gasteiger partial charge in [-0.15, -0.1) is 11.3 Å². The van der Waals surface area contributed by atoms with Gasteiger partial charge in [0.25, 0.3) is 5.91 Å². The molecule has 3 aromatic heterocycles. The van der Waals surface area contributed by atoms with Crippen LogP contribution in [0.2, 0.25) is 0 Å². The number of nitrogens with one attached hydrogen (secondary N) is 2. The number of likely N-dealkylation sites (tertiary alicyclic amines) is 2. The van der Waals surface area contributed by atoms with E-state index in [4.69, 9.17) is 19.4 Å². The highest BCUT2D eigenvalue weighted by atomic mass is 32.1. The Kier molecular flexibility index (Phi) is 22.9. The van der Waals surface area contributed by atoms with Gasteiger partial charge in [0.1, 0.15) is 18.1 Å². The highest BCUT2D eigenvalue weighted by molar-refractivity contribution is 7.59. The predicted octanol–water partition coefficient (Wildman–Crippen LogP) is 6.77. The summed E-state index contributed by atoms with van der Waals surface area (Å²) in [5.41, 5.74) is 9.31. The third kappa shape index (κ3) is 13.9. The molecule has 7 heterocycles. The molecule has 4 aromatic rings. The number of cyclic esters (lactones) is 1. The summed E-state index contributed by atoms with van der Waals surface area (Å²) in [6.45, 7) is 16.3. The fourth-order valence-electron chi connectivity index (χ4n) is 11.0. The van der Waals surface area contributed by atoms with E-state index < -0.39 is 41.3 Å². The van der Waals surface area contributed by atoms with E-state index >= 15 is 0 Å². The molecule has 22 heteroatoms. The monoisotopic (exact) mass is 1140 g/mol. The fraction of sp³-hybridized carbons (Fsp3) is 0.574. The molecule has 0 saturated carbocycles. The van der Waals surface area contributed by atoms with Crippen LogP contribution in [0.4, 0.5) is 4.79 Å². The molecule has 4 aliphatic rings. The Bertz CT molecular complexity index is 2700. The number of aryl methyl sites for hydroxylation is 1. The number of hydrazine groups is 1. The number of rotatable bonds is 11. The molecule has 0 radical (unpaired) electrons. The van der Waals surface area contributed by atoms with Crippen LogP contribution >= 0.6 is 65.3 Å². The molecule has 3 fully saturated rings. The number of likely N-dealkylation sites (N-methyl/N-ethyl adjacent to an activating group) is 2. The molecule has 5 amide bonds. The summed E-state index contributed by atoms with van der Waals surface area (Å²) in [6.07, 6.45) is 8.27. The summed E-state index contributed by atoms with van der Waals surface area (Å²) in [5, 5.41) is 8.20. The number of fused-ring (bicyclic) bond motifs is 6. The number of benzene rings is 1. The zero-order valence-electron chi connectivity index (χ0n) is 45.8. The molecule has 0 unspecified atom stereocenters. The smallest absolute Gasteiger partial charge is 0.324 e. The van der Waals surface area contributed by atoms with Crippen molar-refractivity contribution in [2.24, 2.45) is 16.7 Å². The number of nitrogens with zero attached hydrogens (tertiary/aromatic N) is 8. The van der Waals surface area contributed by atoms with Gasteiger partial charge in [0, 0.05) is 117 Å². The standard InChI is InChI=1S/C54H74N10O7S.4H2S/c1-11-63-43-19-18-36-27-38(43)39(48(63)37-15-12-22-55-46(37)35(4)70-10)29-53(5,6)33-71-51(68)40-16-13-24-64(58-40)50(67)41(28-44-56-42(36)30-72-44)57-49(66)47(34(2)3)60(9)52(69)61-25-20-54(21-26-61)31-62(32-54)45(65)17-14-23-59(7)8;;;;/h12,14-15,17-19,22,27,30,34-35,40-41,47,58H,11,13,16,20-21,23-26,28-29,31-33H2,1-10H3,(H,57,66);4*1H2/b17-14+;;;;/t35-,40-,41-,47-;;;;/m0..../s1. The quantitative estimate of drug-likeness (QED) is 0.120. The number of hydrogen-bond donors (Lipinski definition) is 2. The zero-order chi connectivity index (χ0) is 51.6. The average molecular weight is 1140 g/mol. The van der Waals surface area contributed by atoms with Gasteiger partial charge in [0.15, 0.2) is 0 Å². The highest BCUT2D eigenvalue weighted by Crippen LogP contribution is 2.43. The average Bonchev–Trinajstić information content (AvgIpc) is 3.95. The van der Waals surface area contributed by atoms with Crippen LogP contribution in [0.3, 0.4) is 0 Å². The van der Waals surface area contributed by atoms with Crippen molar-refractivity contribution < 1.29 is 33.4 Å². The third-order valence-electron chi connectivity index (χ3n) is 15.0. The maximum Gasteiger partial charge on any atom is 0.324 e. The minimum atomic E-state index is -1.07. The summed E-state index contributed by atoms with van der Waals surface area (Å²) in [6, 6.07) is 7.44. The van der Waals surface area contributed by atoms with E-state index in [1.165, 1.54) is 21.2 Å². The first kappa shape index (κ1) is 64.2. The lowest BCUT2D eigenvalue weighted by Gasteiger charge is -2.54. The molecule has 2 N–H and O–H groups in total. The van der Waals surface area contributed by atoms with Crippen LogP contribution in [-0.2, 0) is 48.0 Å². The Balaban J connectivity index is 0.00000312. The summed E-state index contributed by atoms with van der Waals surface area (Å²) in [5.74, 6) is -1.60. The maximum atomic E-state index is 14.7. The Morgan fingerprint density at radius 3 is 2.38 bits per heavy atom. The fourth-order valence-corrected chi connectivity index (χ4v) is 11.8. The second kappa shape index (κ2) is 27.0. The lowest BCUT2D eigenvalue weighted by atomic mass is 9.72. The largest absolute Gasteiger partial charge is 0.464 e. The molecule has 3 saturated heterocycles. The van der Waals surface area contributed by atoms with Crippen LogP contribution in [0.25, 0.3) is 33.4 Å². The first-order valence-corrected chi connectivity index (χ1v) is 26.4. The van der Waals surface area contributed by atoms with Gasteiger partial charge < -0.3 is 39.0 Å². The van der Waals surface area contributed by atoms with Crippen molar-refractivity contribution >= 4 is 106 Å². The Hall–Kier alpha value is -4.29. The van der Waals surface area contributed by atoms with Crippen molar-refractivity contribution in [3.05, 3.63) is 70.3 Å². The topological polar surface area (TPSA) is 175 Å². The Morgan fingerprint density at radius 2 is 1.72 bits per heavy atom. The number of urea groups is 1. The molecule has 1 aromatic carbocycles. The molecule has 420 valence electrons. The normalized spacial score (nSPS) is 20.1. The number of carbonyl (C=O) groups excluding carboxylic acids is 5. The minimum absolute atomic E-state index is 0. The Morgan fingerprint density at radius 1 is 1.01 bits per heavy atom. The number of aromatic nitrogens is 3. The first-order valence-electron chi connectivity index (χ1n) is 25.6. The van der Waals surface area contributed by atoms with Gasteiger partial charge >= 0.3 is 12.0 Å². The molecular weight excluding hydrogens is 1060 g/mol. The molecule has 6 bridgehead atoms. The molecule has 1 spiro atoms. The SMILES string of the molecule is CCn1c(-c2cccnc2[C@H](C)OC)c2c3cc(ccc31)-c1csc(n1)C[C@H](NC(=O)[C@H](C(C)C)N(C)C(=O)N1CCC3(CC1)CN(C(=O)/C=C/CN(C)C)C3)C(=O)N1CCC[C@H](N1)C(=O)OCC(C)(C)C2.S.S.S.S. The van der Waals surface area contributed by atoms with Gasteiger partial charge in [0.2, 0.25) is 11.8 Å². The zero-order valence-corrected chi connectivity index (χ0v) is 50.6. The van der Waals surface area contributed by atoms with Gasteiger partial charge in [-0.25, -0.2) is 15.2 Å². The van der Waals surface area contributed by atoms with Crippen LogP contribution < -0.4 is 10.7 Å². The van der Waals surface area contributed by atoms with E-state index in [0.29, 0.717) is 70.1 Å². The van der Waals surface area contributed by atoms with Gasteiger partial charge in [-0.2, -0.15) is 54.0 Å². The van der Waals surface area contributed by atoms with Crippen molar-refractivity contribution in [3.8, 4) is 22.5 Å². The highest BCUT2D eigenvalue weighted by Gasteiger charge is 2.48. The summed E-state index contributed by atoms with van der Waals surface area (Å²) >= 11 is 1.42. The summed E-state index contributed by atoms with van der Waals surface area (Å²) in [7, 11) is 7.26. The van der Waals surface area contributed by atoms with Gasteiger partial charge in [-0.1, -0.05) is 39.8 Å². The second-order valence-corrected chi connectivity index (χ2v) is 22.6. The lowest BCUT2D eigenvalue weighted by Crippen LogP contribution is -2.64. The third-order valence-corrected chi connectivity index (χ3v) is 15.8. The van der Waals surface area contributed by atoms with E-state index in [0.717, 1.165) is 57.5 Å². The van der Waals surface area contributed by atoms with Gasteiger partial charge in [-0.05, 0) is 95.8 Å². The van der Waals surface area contributed by atoms with E-state index in [1.54, 1.807) is 31.3 Å². The number of methoxy groups -OCH3 is 1. The van der Waals surface area contributed by atoms with Crippen LogP contribution in [0.5, 0.6) is 0 Å². The van der Waals surface area contributed by atoms with Crippen LogP contribution in [0.15, 0.2) is 54.1 Å². The van der Waals surface area contributed by atoms with Crippen LogP contribution in [-0.4, -0.2) is 161 Å². The Labute approximate surface area is 481 Å². The predicted molar refractivity (Wildman–Crippen MR) is 320 cm³/mol. The number of ether oxygens (including phenoxy) is 2. The molecule has 0 aliphatic carbocycles. The molecule has 17 nitrogen and oxygen atoms in total. The molecule has 4 atom stereocenters. The van der Waals surface area contributed by atoms with Crippen LogP contribution in [0, 0.1) is 16.7 Å². The van der Waals surface area contributed by atoms with Gasteiger partial charge in [-0.3, -0.25) is 29.2 Å². The van der Waals surface area contributed by atoms with E-state index in [2.05, 4.69) is 60.3 Å². The summed E-state index contributed by atoms with van der Waals surface area (Å²) < 4.78 is 14.3. The van der Waals surface area contributed by atoms with Crippen molar-refractivity contribution in [2.75, 3.05) is 74.1 Å². The van der Waals surface area contributed by atoms with E-state index in [1.807, 2.05) is 62.2 Å². The maximum absolute atomic E-state index is 14.7. The number of thiazole rings is 1. The number of carbonyl (C=O) groups is 5. The molecule has 8 rings (SSSR count). The number of piperidine rings is 1. The number of esters is 1. The minimum Gasteiger partial charge on any atom is -0.464 e. The van der Waals surface area contributed by atoms with Crippen molar-refractivity contribution in [1.82, 2.24) is 49.9 Å². The van der Waals surface area contributed by atoms with Crippen molar-refractivity contribution in [1.29, 1.82) is 0 Å². The number of hydrogen-bond acceptors (Lipinski definition) is 12.